The maximum absolute atomic E-state index is 12.1. The average molecular weight is 345 g/mol. The average Bonchev–Trinajstić information content (AvgIpc) is 2.54. The van der Waals surface area contributed by atoms with Crippen molar-refractivity contribution >= 4 is 15.7 Å². The minimum atomic E-state index is -3.31. The van der Waals surface area contributed by atoms with Crippen molar-refractivity contribution < 1.29 is 13.2 Å². The van der Waals surface area contributed by atoms with Gasteiger partial charge in [0.05, 0.1) is 5.75 Å². The topological polar surface area (TPSA) is 66.5 Å². The van der Waals surface area contributed by atoms with Crippen molar-refractivity contribution in [3.63, 3.8) is 0 Å². The first-order valence-electron chi connectivity index (χ1n) is 9.19. The van der Waals surface area contributed by atoms with Gasteiger partial charge in [0.1, 0.15) is 5.25 Å². The predicted octanol–water partition coefficient (Wildman–Crippen LogP) is 1.97. The van der Waals surface area contributed by atoms with E-state index in [2.05, 4.69) is 10.2 Å². The largest absolute Gasteiger partial charge is 0.354 e. The Morgan fingerprint density at radius 3 is 2.65 bits per heavy atom. The van der Waals surface area contributed by atoms with Crippen molar-refractivity contribution in [1.82, 2.24) is 10.2 Å². The van der Waals surface area contributed by atoms with Gasteiger partial charge in [-0.2, -0.15) is 0 Å². The molecule has 1 heterocycles. The van der Waals surface area contributed by atoms with Crippen LogP contribution in [0, 0.1) is 5.92 Å². The van der Waals surface area contributed by atoms with Crippen molar-refractivity contribution in [1.29, 1.82) is 0 Å². The van der Waals surface area contributed by atoms with Crippen LogP contribution < -0.4 is 5.32 Å². The molecule has 0 spiro atoms. The third-order valence-electron chi connectivity index (χ3n) is 5.45. The lowest BCUT2D eigenvalue weighted by Crippen LogP contribution is -2.50. The van der Waals surface area contributed by atoms with Crippen LogP contribution >= 0.6 is 0 Å². The van der Waals surface area contributed by atoms with Crippen molar-refractivity contribution in [2.75, 3.05) is 25.4 Å². The molecule has 2 rings (SSSR count). The number of nitrogens with one attached hydrogen (secondary N) is 1. The van der Waals surface area contributed by atoms with Gasteiger partial charge < -0.3 is 5.32 Å². The van der Waals surface area contributed by atoms with Gasteiger partial charge in [-0.1, -0.05) is 19.8 Å². The van der Waals surface area contributed by atoms with E-state index in [9.17, 15) is 13.2 Å². The zero-order chi connectivity index (χ0) is 16.9. The van der Waals surface area contributed by atoms with Gasteiger partial charge in [-0.05, 0) is 51.5 Å². The number of piperidine rings is 1. The number of likely N-dealkylation sites (tertiary alicyclic amines) is 1. The molecule has 1 N–H and O–H groups in total. The van der Waals surface area contributed by atoms with E-state index < -0.39 is 15.1 Å². The Bertz CT molecular complexity index is 490. The molecule has 3 atom stereocenters. The molecule has 2 fully saturated rings. The lowest BCUT2D eigenvalue weighted by molar-refractivity contribution is -0.120. The quantitative estimate of drug-likeness (QED) is 0.767. The Labute approximate surface area is 141 Å². The minimum Gasteiger partial charge on any atom is -0.354 e. The van der Waals surface area contributed by atoms with Crippen molar-refractivity contribution in [2.24, 2.45) is 5.92 Å². The Balaban J connectivity index is 1.78. The molecule has 0 radical (unpaired) electrons. The van der Waals surface area contributed by atoms with E-state index in [1.807, 2.05) is 6.92 Å². The van der Waals surface area contributed by atoms with Crippen molar-refractivity contribution in [2.45, 2.75) is 70.1 Å². The SMILES string of the molecule is CCCS(=O)(=O)[C@H](C)C(=O)NCCN1CCC[C@@H]2CCCC[C@@H]21. The molecule has 0 unspecified atom stereocenters. The number of carbonyl (C=O) groups excluding carboxylic acids is 1. The van der Waals surface area contributed by atoms with Gasteiger partial charge >= 0.3 is 0 Å². The molecule has 1 aliphatic heterocycles. The van der Waals surface area contributed by atoms with Gasteiger partial charge in [-0.15, -0.1) is 0 Å². The van der Waals surface area contributed by atoms with Crippen LogP contribution in [0.1, 0.15) is 58.8 Å². The second-order valence-corrected chi connectivity index (χ2v) is 9.53. The summed E-state index contributed by atoms with van der Waals surface area (Å²) in [6.45, 7) is 5.82. The summed E-state index contributed by atoms with van der Waals surface area (Å²) < 4.78 is 23.9. The summed E-state index contributed by atoms with van der Waals surface area (Å²) in [5, 5.41) is 1.89. The molecule has 23 heavy (non-hydrogen) atoms. The molecule has 2 aliphatic rings. The van der Waals surface area contributed by atoms with Gasteiger partial charge in [0.25, 0.3) is 0 Å². The number of carbonyl (C=O) groups is 1. The number of hydrogen-bond donors (Lipinski definition) is 1. The standard InChI is InChI=1S/C17H32N2O3S/c1-3-13-23(21,22)14(2)17(20)18-10-12-19-11-6-8-15-7-4-5-9-16(15)19/h14-16H,3-13H2,1-2H3,(H,18,20)/t14-,15+,16+/m1/s1. The van der Waals surface area contributed by atoms with Crippen LogP contribution in [0.5, 0.6) is 0 Å². The normalized spacial score (nSPS) is 27.2. The summed E-state index contributed by atoms with van der Waals surface area (Å²) in [7, 11) is -3.31. The highest BCUT2D eigenvalue weighted by atomic mass is 32.2. The number of rotatable bonds is 7. The molecule has 0 aromatic carbocycles. The highest BCUT2D eigenvalue weighted by Gasteiger charge is 2.33. The van der Waals surface area contributed by atoms with Gasteiger partial charge in [0.15, 0.2) is 9.84 Å². The van der Waals surface area contributed by atoms with Crippen LogP contribution in [0.25, 0.3) is 0 Å². The van der Waals surface area contributed by atoms with Crippen molar-refractivity contribution in [3.05, 3.63) is 0 Å². The summed E-state index contributed by atoms with van der Waals surface area (Å²) in [6.07, 6.45) is 8.45. The summed E-state index contributed by atoms with van der Waals surface area (Å²) in [5.74, 6) is 0.560. The predicted molar refractivity (Wildman–Crippen MR) is 93.1 cm³/mol. The molecule has 134 valence electrons. The number of amides is 1. The van der Waals surface area contributed by atoms with Crippen LogP contribution in [0.2, 0.25) is 0 Å². The first-order valence-corrected chi connectivity index (χ1v) is 10.9. The molecule has 1 saturated carbocycles. The molecule has 6 heteroatoms. The molecule has 0 aromatic heterocycles. The van der Waals surface area contributed by atoms with Crippen LogP contribution in [0.3, 0.4) is 0 Å². The summed E-state index contributed by atoms with van der Waals surface area (Å²) in [4.78, 5) is 14.6. The van der Waals surface area contributed by atoms with Crippen LogP contribution in [-0.4, -0.2) is 55.9 Å². The van der Waals surface area contributed by atoms with Crippen molar-refractivity contribution in [3.8, 4) is 0 Å². The van der Waals surface area contributed by atoms with Crippen LogP contribution in [0.15, 0.2) is 0 Å². The number of nitrogens with zero attached hydrogens (tertiary/aromatic N) is 1. The number of sulfone groups is 1. The Morgan fingerprint density at radius 1 is 1.22 bits per heavy atom. The van der Waals surface area contributed by atoms with E-state index in [0.717, 1.165) is 19.0 Å². The zero-order valence-corrected chi connectivity index (χ0v) is 15.4. The molecule has 0 bridgehead atoms. The molecule has 1 aliphatic carbocycles. The third kappa shape index (κ3) is 4.92. The zero-order valence-electron chi connectivity index (χ0n) is 14.6. The highest BCUT2D eigenvalue weighted by Crippen LogP contribution is 2.34. The maximum atomic E-state index is 12.1. The Morgan fingerprint density at radius 2 is 1.91 bits per heavy atom. The molecule has 1 saturated heterocycles. The monoisotopic (exact) mass is 344 g/mol. The summed E-state index contributed by atoms with van der Waals surface area (Å²) in [5.41, 5.74) is 0. The van der Waals surface area contributed by atoms with Gasteiger partial charge in [0.2, 0.25) is 5.91 Å². The van der Waals surface area contributed by atoms with E-state index >= 15 is 0 Å². The molecular formula is C17H32N2O3S. The fraction of sp³-hybridized carbons (Fsp3) is 0.941. The van der Waals surface area contributed by atoms with Crippen LogP contribution in [0.4, 0.5) is 0 Å². The first kappa shape index (κ1) is 18.7. The lowest BCUT2D eigenvalue weighted by atomic mass is 9.78. The second-order valence-electron chi connectivity index (χ2n) is 7.09. The highest BCUT2D eigenvalue weighted by molar-refractivity contribution is 7.92. The van der Waals surface area contributed by atoms with E-state index in [0.29, 0.717) is 19.0 Å². The van der Waals surface area contributed by atoms with Crippen LogP contribution in [-0.2, 0) is 14.6 Å². The number of hydrogen-bond acceptors (Lipinski definition) is 4. The Kier molecular flexibility index (Phi) is 6.89. The first-order chi connectivity index (χ1) is 11.0. The third-order valence-corrected chi connectivity index (χ3v) is 7.72. The smallest absolute Gasteiger partial charge is 0.238 e. The second kappa shape index (κ2) is 8.47. The molecule has 5 nitrogen and oxygen atoms in total. The van der Waals surface area contributed by atoms with E-state index in [1.54, 1.807) is 0 Å². The fourth-order valence-electron chi connectivity index (χ4n) is 4.10. The van der Waals surface area contributed by atoms with Gasteiger partial charge in [-0.25, -0.2) is 8.42 Å². The van der Waals surface area contributed by atoms with E-state index in [-0.39, 0.29) is 11.7 Å². The van der Waals surface area contributed by atoms with E-state index in [4.69, 9.17) is 0 Å². The minimum absolute atomic E-state index is 0.0808. The van der Waals surface area contributed by atoms with Gasteiger partial charge in [0, 0.05) is 19.1 Å². The summed E-state index contributed by atoms with van der Waals surface area (Å²) >= 11 is 0. The maximum Gasteiger partial charge on any atom is 0.238 e. The summed E-state index contributed by atoms with van der Waals surface area (Å²) in [6, 6.07) is 0.677. The lowest BCUT2D eigenvalue weighted by Gasteiger charge is -2.44. The molecular weight excluding hydrogens is 312 g/mol. The van der Waals surface area contributed by atoms with Gasteiger partial charge in [-0.3, -0.25) is 9.69 Å². The molecule has 1 amide bonds. The number of fused-ring (bicyclic) bond motifs is 1. The van der Waals surface area contributed by atoms with E-state index in [1.165, 1.54) is 45.4 Å². The molecule has 0 aromatic rings. The Hall–Kier alpha value is -0.620. The fourth-order valence-corrected chi connectivity index (χ4v) is 5.43.